The topological polar surface area (TPSA) is 43.8 Å². The second kappa shape index (κ2) is 6.79. The van der Waals surface area contributed by atoms with Crippen LogP contribution in [0.2, 0.25) is 0 Å². The van der Waals surface area contributed by atoms with E-state index in [-0.39, 0.29) is 12.0 Å². The van der Waals surface area contributed by atoms with Gasteiger partial charge in [-0.25, -0.2) is 0 Å². The number of hydrogen-bond donors (Lipinski definition) is 1. The number of nitrogens with zero attached hydrogens (tertiary/aromatic N) is 2. The van der Waals surface area contributed by atoms with Gasteiger partial charge in [-0.1, -0.05) is 13.8 Å². The van der Waals surface area contributed by atoms with Crippen molar-refractivity contribution in [3.05, 3.63) is 0 Å². The van der Waals surface area contributed by atoms with E-state index < -0.39 is 0 Å². The second-order valence-electron chi connectivity index (χ2n) is 3.69. The van der Waals surface area contributed by atoms with Gasteiger partial charge in [-0.05, 0) is 13.5 Å². The van der Waals surface area contributed by atoms with Crippen LogP contribution in [0.15, 0.2) is 0 Å². The van der Waals surface area contributed by atoms with Crippen molar-refractivity contribution >= 4 is 5.91 Å². The molecular formula is C10H22N2O2. The molecule has 4 nitrogen and oxygen atoms in total. The lowest BCUT2D eigenvalue weighted by Gasteiger charge is -2.25. The molecule has 0 aromatic rings. The molecule has 0 fully saturated rings. The molecule has 84 valence electrons. The predicted octanol–water partition coefficient (Wildman–Crippen LogP) is 0.515. The first-order chi connectivity index (χ1) is 6.51. The number of amides is 1. The molecule has 0 spiro atoms. The summed E-state index contributed by atoms with van der Waals surface area (Å²) in [6, 6.07) is 0. The fourth-order valence-electron chi connectivity index (χ4n) is 1.26. The molecule has 0 rings (SSSR count). The van der Waals surface area contributed by atoms with Crippen molar-refractivity contribution < 1.29 is 9.90 Å². The predicted molar refractivity (Wildman–Crippen MR) is 56.9 cm³/mol. The molecule has 1 amide bonds. The molecule has 0 aromatic heterocycles. The van der Waals surface area contributed by atoms with Crippen LogP contribution in [0.3, 0.4) is 0 Å². The number of aliphatic hydroxyl groups is 1. The van der Waals surface area contributed by atoms with Crippen molar-refractivity contribution in [2.24, 2.45) is 0 Å². The molecule has 0 aliphatic heterocycles. The summed E-state index contributed by atoms with van der Waals surface area (Å²) in [7, 11) is 3.68. The van der Waals surface area contributed by atoms with E-state index >= 15 is 0 Å². The SMILES string of the molecule is CCC(=O)N(C)CN(C)CC(O)CC. The Morgan fingerprint density at radius 2 is 1.93 bits per heavy atom. The Morgan fingerprint density at radius 1 is 1.36 bits per heavy atom. The maximum Gasteiger partial charge on any atom is 0.223 e. The Morgan fingerprint density at radius 3 is 2.36 bits per heavy atom. The molecule has 0 aliphatic rings. The molecule has 14 heavy (non-hydrogen) atoms. The van der Waals surface area contributed by atoms with Crippen LogP contribution in [-0.2, 0) is 4.79 Å². The van der Waals surface area contributed by atoms with Crippen molar-refractivity contribution in [1.29, 1.82) is 0 Å². The molecule has 0 radical (unpaired) electrons. The van der Waals surface area contributed by atoms with Gasteiger partial charge in [0.05, 0.1) is 12.8 Å². The fraction of sp³-hybridized carbons (Fsp3) is 0.900. The number of likely N-dealkylation sites (N-methyl/N-ethyl adjacent to an activating group) is 1. The van der Waals surface area contributed by atoms with E-state index in [0.29, 0.717) is 19.6 Å². The van der Waals surface area contributed by atoms with Gasteiger partial charge in [0.1, 0.15) is 0 Å². The maximum atomic E-state index is 11.2. The van der Waals surface area contributed by atoms with E-state index in [1.165, 1.54) is 0 Å². The zero-order valence-corrected chi connectivity index (χ0v) is 9.66. The average Bonchev–Trinajstić information content (AvgIpc) is 2.15. The van der Waals surface area contributed by atoms with E-state index in [0.717, 1.165) is 6.42 Å². The number of carbonyl (C=O) groups is 1. The smallest absolute Gasteiger partial charge is 0.223 e. The normalized spacial score (nSPS) is 13.0. The van der Waals surface area contributed by atoms with Crippen molar-refractivity contribution in [2.45, 2.75) is 32.8 Å². The minimum Gasteiger partial charge on any atom is -0.392 e. The van der Waals surface area contributed by atoms with E-state index in [9.17, 15) is 9.90 Å². The van der Waals surface area contributed by atoms with Gasteiger partial charge in [-0.15, -0.1) is 0 Å². The molecule has 1 unspecified atom stereocenters. The van der Waals surface area contributed by atoms with Gasteiger partial charge in [-0.3, -0.25) is 9.69 Å². The highest BCUT2D eigenvalue weighted by Crippen LogP contribution is 1.96. The van der Waals surface area contributed by atoms with Crippen LogP contribution in [-0.4, -0.2) is 54.2 Å². The summed E-state index contributed by atoms with van der Waals surface area (Å²) in [5, 5.41) is 9.39. The van der Waals surface area contributed by atoms with Gasteiger partial charge in [0, 0.05) is 20.0 Å². The Hall–Kier alpha value is -0.610. The van der Waals surface area contributed by atoms with Crippen LogP contribution in [0, 0.1) is 0 Å². The zero-order chi connectivity index (χ0) is 11.1. The second-order valence-corrected chi connectivity index (χ2v) is 3.69. The highest BCUT2D eigenvalue weighted by atomic mass is 16.3. The number of rotatable bonds is 6. The van der Waals surface area contributed by atoms with Crippen LogP contribution in [0.1, 0.15) is 26.7 Å². The highest BCUT2D eigenvalue weighted by molar-refractivity contribution is 5.75. The van der Waals surface area contributed by atoms with Crippen LogP contribution in [0.5, 0.6) is 0 Å². The summed E-state index contributed by atoms with van der Waals surface area (Å²) in [4.78, 5) is 14.9. The van der Waals surface area contributed by atoms with E-state index in [2.05, 4.69) is 0 Å². The van der Waals surface area contributed by atoms with Gasteiger partial charge in [0.25, 0.3) is 0 Å². The number of hydrogen-bond acceptors (Lipinski definition) is 3. The van der Waals surface area contributed by atoms with Crippen LogP contribution in [0.25, 0.3) is 0 Å². The summed E-state index contributed by atoms with van der Waals surface area (Å²) in [5.74, 6) is 0.128. The molecule has 0 saturated carbocycles. The first-order valence-corrected chi connectivity index (χ1v) is 5.11. The van der Waals surface area contributed by atoms with Crippen molar-refractivity contribution in [3.8, 4) is 0 Å². The first kappa shape index (κ1) is 13.4. The molecule has 0 saturated heterocycles. The number of aliphatic hydroxyl groups excluding tert-OH is 1. The Kier molecular flexibility index (Phi) is 6.49. The van der Waals surface area contributed by atoms with Crippen LogP contribution < -0.4 is 0 Å². The molecule has 0 bridgehead atoms. The molecule has 0 heterocycles. The van der Waals surface area contributed by atoms with Crippen molar-refractivity contribution in [1.82, 2.24) is 9.80 Å². The minimum atomic E-state index is -0.301. The Bertz CT molecular complexity index is 174. The largest absolute Gasteiger partial charge is 0.392 e. The molecule has 1 N–H and O–H groups in total. The average molecular weight is 202 g/mol. The quantitative estimate of drug-likeness (QED) is 0.638. The monoisotopic (exact) mass is 202 g/mol. The van der Waals surface area contributed by atoms with Crippen molar-refractivity contribution in [2.75, 3.05) is 27.3 Å². The van der Waals surface area contributed by atoms with E-state index in [4.69, 9.17) is 0 Å². The zero-order valence-electron chi connectivity index (χ0n) is 9.66. The van der Waals surface area contributed by atoms with E-state index in [1.54, 1.807) is 11.9 Å². The highest BCUT2D eigenvalue weighted by Gasteiger charge is 2.10. The lowest BCUT2D eigenvalue weighted by Crippen LogP contribution is -2.39. The Balaban J connectivity index is 3.81. The third kappa shape index (κ3) is 5.19. The summed E-state index contributed by atoms with van der Waals surface area (Å²) in [6.07, 6.45) is 0.973. The molecule has 1 atom stereocenters. The lowest BCUT2D eigenvalue weighted by molar-refractivity contribution is -0.131. The molecule has 4 heteroatoms. The fourth-order valence-corrected chi connectivity index (χ4v) is 1.26. The molecule has 0 aromatic carbocycles. The van der Waals surface area contributed by atoms with Gasteiger partial charge in [-0.2, -0.15) is 0 Å². The standard InChI is InChI=1S/C10H22N2O2/c1-5-9(13)7-11(3)8-12(4)10(14)6-2/h9,13H,5-8H2,1-4H3. The third-order valence-corrected chi connectivity index (χ3v) is 2.18. The van der Waals surface area contributed by atoms with Gasteiger partial charge >= 0.3 is 0 Å². The van der Waals surface area contributed by atoms with Crippen LogP contribution in [0.4, 0.5) is 0 Å². The summed E-state index contributed by atoms with van der Waals surface area (Å²) in [6.45, 7) is 4.97. The van der Waals surface area contributed by atoms with Gasteiger partial charge < -0.3 is 10.0 Å². The van der Waals surface area contributed by atoms with E-state index in [1.807, 2.05) is 25.8 Å². The maximum absolute atomic E-state index is 11.2. The third-order valence-electron chi connectivity index (χ3n) is 2.18. The Labute approximate surface area is 86.5 Å². The molecule has 0 aliphatic carbocycles. The van der Waals surface area contributed by atoms with Crippen molar-refractivity contribution in [3.63, 3.8) is 0 Å². The minimum absolute atomic E-state index is 0.128. The summed E-state index contributed by atoms with van der Waals surface area (Å²) >= 11 is 0. The van der Waals surface area contributed by atoms with Gasteiger partial charge in [0.2, 0.25) is 5.91 Å². The van der Waals surface area contributed by atoms with Crippen LogP contribution >= 0.6 is 0 Å². The van der Waals surface area contributed by atoms with Gasteiger partial charge in [0.15, 0.2) is 0 Å². The lowest BCUT2D eigenvalue weighted by atomic mass is 10.3. The molecular weight excluding hydrogens is 180 g/mol. The summed E-state index contributed by atoms with van der Waals surface area (Å²) < 4.78 is 0. The summed E-state index contributed by atoms with van der Waals surface area (Å²) in [5.41, 5.74) is 0. The first-order valence-electron chi connectivity index (χ1n) is 5.11. The number of carbonyl (C=O) groups excluding carboxylic acids is 1.